The van der Waals surface area contributed by atoms with Crippen LogP contribution in [0.3, 0.4) is 0 Å². The molecule has 1 saturated heterocycles. The SMILES string of the molecule is CCc1cc(C2NNC(C)C2c2cc3c(cc2C)OCCO3)c(O)cc1OC. The first-order valence-electron chi connectivity index (χ1n) is 9.84. The standard InChI is InChI=1S/C22H28N2O4/c1-5-14-9-16(17(25)11-18(14)26-4)22-21(13(3)23-24-22)15-10-20-19(8-12(15)2)27-6-7-28-20/h8-11,13,21-25H,5-7H2,1-4H3. The summed E-state index contributed by atoms with van der Waals surface area (Å²) in [5.74, 6) is 2.67. The van der Waals surface area contributed by atoms with Crippen molar-refractivity contribution in [1.82, 2.24) is 10.9 Å². The number of aromatic hydroxyl groups is 1. The molecule has 2 aromatic carbocycles. The van der Waals surface area contributed by atoms with Crippen LogP contribution in [0.1, 0.15) is 48.1 Å². The molecule has 0 spiro atoms. The molecule has 0 aromatic heterocycles. The molecule has 3 unspecified atom stereocenters. The smallest absolute Gasteiger partial charge is 0.161 e. The van der Waals surface area contributed by atoms with Crippen LogP contribution in [0, 0.1) is 6.92 Å². The Bertz CT molecular complexity index is 883. The molecule has 4 rings (SSSR count). The lowest BCUT2D eigenvalue weighted by Gasteiger charge is -2.27. The molecular weight excluding hydrogens is 356 g/mol. The maximum Gasteiger partial charge on any atom is 0.161 e. The summed E-state index contributed by atoms with van der Waals surface area (Å²) in [6.45, 7) is 7.48. The summed E-state index contributed by atoms with van der Waals surface area (Å²) in [7, 11) is 1.63. The summed E-state index contributed by atoms with van der Waals surface area (Å²) < 4.78 is 17.0. The van der Waals surface area contributed by atoms with E-state index in [1.54, 1.807) is 13.2 Å². The fourth-order valence-corrected chi connectivity index (χ4v) is 4.32. The van der Waals surface area contributed by atoms with Gasteiger partial charge in [0.25, 0.3) is 0 Å². The van der Waals surface area contributed by atoms with Crippen LogP contribution >= 0.6 is 0 Å². The van der Waals surface area contributed by atoms with Crippen molar-refractivity contribution >= 4 is 0 Å². The number of hydrogen-bond acceptors (Lipinski definition) is 6. The highest BCUT2D eigenvalue weighted by Crippen LogP contribution is 2.45. The number of benzene rings is 2. The number of hydrogen-bond donors (Lipinski definition) is 3. The van der Waals surface area contributed by atoms with Gasteiger partial charge < -0.3 is 19.3 Å². The van der Waals surface area contributed by atoms with Gasteiger partial charge in [0.15, 0.2) is 11.5 Å². The number of methoxy groups -OCH3 is 1. The molecule has 6 nitrogen and oxygen atoms in total. The molecule has 2 aliphatic rings. The van der Waals surface area contributed by atoms with Gasteiger partial charge in [-0.25, -0.2) is 5.43 Å². The Morgan fingerprint density at radius 2 is 1.79 bits per heavy atom. The van der Waals surface area contributed by atoms with Gasteiger partial charge in [-0.1, -0.05) is 6.92 Å². The van der Waals surface area contributed by atoms with E-state index in [0.29, 0.717) is 13.2 Å². The van der Waals surface area contributed by atoms with E-state index in [1.807, 2.05) is 6.07 Å². The van der Waals surface area contributed by atoms with E-state index >= 15 is 0 Å². The lowest BCUT2D eigenvalue weighted by atomic mass is 9.81. The van der Waals surface area contributed by atoms with Crippen molar-refractivity contribution in [2.45, 2.75) is 45.2 Å². The number of phenols is 1. The van der Waals surface area contributed by atoms with Gasteiger partial charge in [0.1, 0.15) is 24.7 Å². The lowest BCUT2D eigenvalue weighted by molar-refractivity contribution is 0.171. The number of hydrazine groups is 1. The molecular formula is C22H28N2O4. The molecule has 0 bridgehead atoms. The van der Waals surface area contributed by atoms with Gasteiger partial charge in [-0.2, -0.15) is 0 Å². The van der Waals surface area contributed by atoms with Crippen molar-refractivity contribution in [3.63, 3.8) is 0 Å². The molecule has 150 valence electrons. The van der Waals surface area contributed by atoms with E-state index in [4.69, 9.17) is 14.2 Å². The molecule has 28 heavy (non-hydrogen) atoms. The van der Waals surface area contributed by atoms with Gasteiger partial charge in [0.05, 0.1) is 13.2 Å². The second-order valence-electron chi connectivity index (χ2n) is 7.51. The van der Waals surface area contributed by atoms with Gasteiger partial charge in [-0.3, -0.25) is 5.43 Å². The summed E-state index contributed by atoms with van der Waals surface area (Å²) in [6.07, 6.45) is 0.833. The Balaban J connectivity index is 1.77. The summed E-state index contributed by atoms with van der Waals surface area (Å²) in [5, 5.41) is 10.7. The third-order valence-electron chi connectivity index (χ3n) is 5.80. The minimum absolute atomic E-state index is 0.0764. The fraction of sp³-hybridized carbons (Fsp3) is 0.455. The predicted molar refractivity (Wildman–Crippen MR) is 107 cm³/mol. The zero-order valence-electron chi connectivity index (χ0n) is 16.8. The molecule has 3 N–H and O–H groups in total. The second kappa shape index (κ2) is 7.53. The number of phenolic OH excluding ortho intramolecular Hbond substituents is 1. The number of rotatable bonds is 4. The van der Waals surface area contributed by atoms with Crippen LogP contribution in [0.25, 0.3) is 0 Å². The fourth-order valence-electron chi connectivity index (χ4n) is 4.32. The lowest BCUT2D eigenvalue weighted by Crippen LogP contribution is -2.29. The van der Waals surface area contributed by atoms with Crippen LogP contribution in [0.4, 0.5) is 0 Å². The zero-order valence-corrected chi connectivity index (χ0v) is 16.8. The van der Waals surface area contributed by atoms with Crippen LogP contribution in [0.5, 0.6) is 23.0 Å². The number of aryl methyl sites for hydroxylation is 2. The Kier molecular flexibility index (Phi) is 5.08. The monoisotopic (exact) mass is 384 g/mol. The molecule has 2 aromatic rings. The Hall–Kier alpha value is -2.44. The highest BCUT2D eigenvalue weighted by molar-refractivity contribution is 5.52. The average Bonchev–Trinajstić information content (AvgIpc) is 3.08. The first kappa shape index (κ1) is 18.9. The van der Waals surface area contributed by atoms with Crippen LogP contribution in [-0.2, 0) is 6.42 Å². The second-order valence-corrected chi connectivity index (χ2v) is 7.51. The van der Waals surface area contributed by atoms with Gasteiger partial charge in [0, 0.05) is 23.6 Å². The molecule has 0 amide bonds. The van der Waals surface area contributed by atoms with Crippen LogP contribution < -0.4 is 25.1 Å². The number of ether oxygens (including phenoxy) is 3. The van der Waals surface area contributed by atoms with E-state index in [1.165, 1.54) is 5.56 Å². The van der Waals surface area contributed by atoms with Crippen molar-refractivity contribution < 1.29 is 19.3 Å². The molecule has 0 radical (unpaired) electrons. The zero-order chi connectivity index (χ0) is 19.8. The van der Waals surface area contributed by atoms with Gasteiger partial charge in [-0.15, -0.1) is 0 Å². The number of fused-ring (bicyclic) bond motifs is 1. The summed E-state index contributed by atoms with van der Waals surface area (Å²) in [5.41, 5.74) is 11.0. The van der Waals surface area contributed by atoms with Crippen molar-refractivity contribution in [2.75, 3.05) is 20.3 Å². The van der Waals surface area contributed by atoms with E-state index in [-0.39, 0.29) is 23.8 Å². The first-order chi connectivity index (χ1) is 13.5. The van der Waals surface area contributed by atoms with Gasteiger partial charge in [0.2, 0.25) is 0 Å². The third kappa shape index (κ3) is 3.16. The van der Waals surface area contributed by atoms with Crippen molar-refractivity contribution in [3.8, 4) is 23.0 Å². The van der Waals surface area contributed by atoms with Crippen molar-refractivity contribution in [3.05, 3.63) is 46.5 Å². The van der Waals surface area contributed by atoms with Gasteiger partial charge in [-0.05, 0) is 55.2 Å². The highest BCUT2D eigenvalue weighted by atomic mass is 16.6. The van der Waals surface area contributed by atoms with E-state index in [9.17, 15) is 5.11 Å². The Morgan fingerprint density at radius 3 is 2.46 bits per heavy atom. The molecule has 2 aliphatic heterocycles. The van der Waals surface area contributed by atoms with E-state index in [2.05, 4.69) is 43.8 Å². The van der Waals surface area contributed by atoms with Gasteiger partial charge >= 0.3 is 0 Å². The minimum Gasteiger partial charge on any atom is -0.507 e. The van der Waals surface area contributed by atoms with Crippen LogP contribution in [0.15, 0.2) is 24.3 Å². The summed E-state index contributed by atoms with van der Waals surface area (Å²) in [6, 6.07) is 8.01. The minimum atomic E-state index is -0.0764. The van der Waals surface area contributed by atoms with Crippen LogP contribution in [0.2, 0.25) is 0 Å². The third-order valence-corrected chi connectivity index (χ3v) is 5.80. The molecule has 0 saturated carbocycles. The normalized spacial score (nSPS) is 23.6. The Labute approximate surface area is 165 Å². The molecule has 0 aliphatic carbocycles. The summed E-state index contributed by atoms with van der Waals surface area (Å²) >= 11 is 0. The average molecular weight is 384 g/mol. The van der Waals surface area contributed by atoms with Crippen molar-refractivity contribution in [2.24, 2.45) is 0 Å². The predicted octanol–water partition coefficient (Wildman–Crippen LogP) is 3.36. The van der Waals surface area contributed by atoms with Crippen LogP contribution in [-0.4, -0.2) is 31.5 Å². The maximum absolute atomic E-state index is 10.7. The topological polar surface area (TPSA) is 72.0 Å². The maximum atomic E-state index is 10.7. The van der Waals surface area contributed by atoms with E-state index < -0.39 is 0 Å². The summed E-state index contributed by atoms with van der Waals surface area (Å²) in [4.78, 5) is 0. The molecule has 1 fully saturated rings. The molecule has 2 heterocycles. The number of nitrogens with one attached hydrogen (secondary N) is 2. The Morgan fingerprint density at radius 1 is 1.07 bits per heavy atom. The first-order valence-corrected chi connectivity index (χ1v) is 9.84. The highest BCUT2D eigenvalue weighted by Gasteiger charge is 2.38. The quantitative estimate of drug-likeness (QED) is 0.751. The largest absolute Gasteiger partial charge is 0.507 e. The van der Waals surface area contributed by atoms with E-state index in [0.717, 1.165) is 40.4 Å². The molecule has 6 heteroatoms. The molecule has 3 atom stereocenters. The van der Waals surface area contributed by atoms with Crippen molar-refractivity contribution in [1.29, 1.82) is 0 Å².